The zero-order valence-electron chi connectivity index (χ0n) is 14.4. The van der Waals surface area contributed by atoms with Gasteiger partial charge in [-0.2, -0.15) is 0 Å². The molecule has 2 saturated heterocycles. The van der Waals surface area contributed by atoms with Crippen LogP contribution >= 0.6 is 0 Å². The van der Waals surface area contributed by atoms with Gasteiger partial charge >= 0.3 is 0 Å². The van der Waals surface area contributed by atoms with Crippen LogP contribution in [0.4, 0.5) is 14.5 Å². The van der Waals surface area contributed by atoms with Gasteiger partial charge < -0.3 is 4.90 Å². The van der Waals surface area contributed by atoms with E-state index in [1.54, 1.807) is 0 Å². The number of likely N-dealkylation sites (tertiary alicyclic amines) is 1. The molecule has 2 aromatic rings. The van der Waals surface area contributed by atoms with Crippen molar-refractivity contribution in [1.82, 2.24) is 4.90 Å². The van der Waals surface area contributed by atoms with E-state index in [0.29, 0.717) is 13.1 Å². The van der Waals surface area contributed by atoms with E-state index >= 15 is 0 Å². The standard InChI is InChI=1S/C21H24F2N2/c22-19-5-4-6-20(23)21(19)17-14-25(15-17)18-9-7-16(8-10-18)13-24-11-2-1-3-12-24/h4-10,17H,1-3,11-15H2. The maximum atomic E-state index is 13.9. The molecule has 0 unspecified atom stereocenters. The van der Waals surface area contributed by atoms with E-state index in [4.69, 9.17) is 0 Å². The van der Waals surface area contributed by atoms with Crippen molar-refractivity contribution < 1.29 is 8.78 Å². The molecule has 0 N–H and O–H groups in total. The third-order valence-electron chi connectivity index (χ3n) is 5.45. The van der Waals surface area contributed by atoms with E-state index in [1.807, 2.05) is 0 Å². The molecular weight excluding hydrogens is 318 g/mol. The Labute approximate surface area is 148 Å². The molecule has 2 aliphatic heterocycles. The highest BCUT2D eigenvalue weighted by Crippen LogP contribution is 2.34. The first kappa shape index (κ1) is 16.5. The van der Waals surface area contributed by atoms with Crippen molar-refractivity contribution in [1.29, 1.82) is 0 Å². The Balaban J connectivity index is 1.36. The molecule has 4 rings (SSSR count). The van der Waals surface area contributed by atoms with Gasteiger partial charge in [0.2, 0.25) is 0 Å². The molecule has 0 radical (unpaired) electrons. The molecule has 2 aromatic carbocycles. The Morgan fingerprint density at radius 1 is 0.840 bits per heavy atom. The molecule has 25 heavy (non-hydrogen) atoms. The molecule has 0 amide bonds. The van der Waals surface area contributed by atoms with Crippen LogP contribution in [0.2, 0.25) is 0 Å². The van der Waals surface area contributed by atoms with Gasteiger partial charge in [0.05, 0.1) is 0 Å². The third kappa shape index (κ3) is 3.54. The predicted molar refractivity (Wildman–Crippen MR) is 96.9 cm³/mol. The average Bonchev–Trinajstić information content (AvgIpc) is 2.58. The Hall–Kier alpha value is -1.94. The van der Waals surface area contributed by atoms with E-state index in [2.05, 4.69) is 34.1 Å². The van der Waals surface area contributed by atoms with Crippen LogP contribution in [0.1, 0.15) is 36.3 Å². The van der Waals surface area contributed by atoms with Crippen LogP contribution in [0, 0.1) is 11.6 Å². The van der Waals surface area contributed by atoms with E-state index in [0.717, 1.165) is 12.2 Å². The van der Waals surface area contributed by atoms with Gasteiger partial charge in [0.1, 0.15) is 11.6 Å². The normalized spacial score (nSPS) is 19.0. The molecule has 0 atom stereocenters. The summed E-state index contributed by atoms with van der Waals surface area (Å²) in [7, 11) is 0. The second kappa shape index (κ2) is 7.12. The van der Waals surface area contributed by atoms with Crippen LogP contribution < -0.4 is 4.90 Å². The Morgan fingerprint density at radius 3 is 2.12 bits per heavy atom. The number of nitrogens with zero attached hydrogens (tertiary/aromatic N) is 2. The SMILES string of the molecule is Fc1cccc(F)c1C1CN(c2ccc(CN3CCCCC3)cc2)C1. The van der Waals surface area contributed by atoms with Gasteiger partial charge in [-0.15, -0.1) is 0 Å². The maximum Gasteiger partial charge on any atom is 0.129 e. The van der Waals surface area contributed by atoms with Crippen LogP contribution in [0.25, 0.3) is 0 Å². The summed E-state index contributed by atoms with van der Waals surface area (Å²) >= 11 is 0. The quantitative estimate of drug-likeness (QED) is 0.804. The minimum Gasteiger partial charge on any atom is -0.370 e. The highest BCUT2D eigenvalue weighted by atomic mass is 19.1. The van der Waals surface area contributed by atoms with Crippen molar-refractivity contribution in [2.75, 3.05) is 31.1 Å². The molecule has 0 aromatic heterocycles. The topological polar surface area (TPSA) is 6.48 Å². The molecule has 2 nitrogen and oxygen atoms in total. The van der Waals surface area contributed by atoms with Gasteiger partial charge in [0.15, 0.2) is 0 Å². The minimum atomic E-state index is -0.429. The van der Waals surface area contributed by atoms with Gasteiger partial charge in [0.25, 0.3) is 0 Å². The van der Waals surface area contributed by atoms with Crippen LogP contribution in [0.5, 0.6) is 0 Å². The predicted octanol–water partition coefficient (Wildman–Crippen LogP) is 4.55. The molecule has 2 heterocycles. The number of rotatable bonds is 4. The van der Waals surface area contributed by atoms with E-state index in [-0.39, 0.29) is 11.5 Å². The molecular formula is C21H24F2N2. The second-order valence-corrected chi connectivity index (χ2v) is 7.24. The van der Waals surface area contributed by atoms with Crippen molar-refractivity contribution in [3.63, 3.8) is 0 Å². The number of benzene rings is 2. The zero-order valence-corrected chi connectivity index (χ0v) is 14.4. The lowest BCUT2D eigenvalue weighted by Crippen LogP contribution is -2.45. The van der Waals surface area contributed by atoms with Gasteiger partial charge in [0, 0.05) is 36.8 Å². The molecule has 2 aliphatic rings. The highest BCUT2D eigenvalue weighted by molar-refractivity contribution is 5.52. The summed E-state index contributed by atoms with van der Waals surface area (Å²) in [6.07, 6.45) is 3.97. The molecule has 0 spiro atoms. The second-order valence-electron chi connectivity index (χ2n) is 7.24. The number of hydrogen-bond acceptors (Lipinski definition) is 2. The summed E-state index contributed by atoms with van der Waals surface area (Å²) in [6.45, 7) is 4.75. The maximum absolute atomic E-state index is 13.9. The molecule has 4 heteroatoms. The Kier molecular flexibility index (Phi) is 4.71. The van der Waals surface area contributed by atoms with Crippen molar-refractivity contribution >= 4 is 5.69 Å². The summed E-state index contributed by atoms with van der Waals surface area (Å²) in [5, 5.41) is 0. The number of anilines is 1. The lowest BCUT2D eigenvalue weighted by Gasteiger charge is -2.41. The Bertz CT molecular complexity index is 697. The van der Waals surface area contributed by atoms with Gasteiger partial charge in [-0.1, -0.05) is 24.6 Å². The minimum absolute atomic E-state index is 0.0609. The lowest BCUT2D eigenvalue weighted by molar-refractivity contribution is 0.221. The summed E-state index contributed by atoms with van der Waals surface area (Å²) in [4.78, 5) is 4.69. The molecule has 0 saturated carbocycles. The lowest BCUT2D eigenvalue weighted by atomic mass is 9.90. The van der Waals surface area contributed by atoms with E-state index in [1.165, 1.54) is 56.1 Å². The molecule has 2 fully saturated rings. The number of piperidine rings is 1. The van der Waals surface area contributed by atoms with Crippen molar-refractivity contribution in [2.24, 2.45) is 0 Å². The van der Waals surface area contributed by atoms with Crippen molar-refractivity contribution in [3.05, 3.63) is 65.2 Å². The highest BCUT2D eigenvalue weighted by Gasteiger charge is 2.32. The summed E-state index contributed by atoms with van der Waals surface area (Å²) in [5.74, 6) is -0.919. The summed E-state index contributed by atoms with van der Waals surface area (Å²) < 4.78 is 27.7. The van der Waals surface area contributed by atoms with Crippen LogP contribution in [0.15, 0.2) is 42.5 Å². The zero-order chi connectivity index (χ0) is 17.2. The fraction of sp³-hybridized carbons (Fsp3) is 0.429. The van der Waals surface area contributed by atoms with Gasteiger partial charge in [-0.05, 0) is 55.8 Å². The first-order chi connectivity index (χ1) is 12.2. The molecule has 132 valence electrons. The number of halogens is 2. The van der Waals surface area contributed by atoms with E-state index in [9.17, 15) is 8.78 Å². The largest absolute Gasteiger partial charge is 0.370 e. The van der Waals surface area contributed by atoms with Crippen LogP contribution in [-0.4, -0.2) is 31.1 Å². The first-order valence-electron chi connectivity index (χ1n) is 9.21. The molecule has 0 aliphatic carbocycles. The van der Waals surface area contributed by atoms with E-state index < -0.39 is 11.6 Å². The number of hydrogen-bond donors (Lipinski definition) is 0. The first-order valence-corrected chi connectivity index (χ1v) is 9.21. The van der Waals surface area contributed by atoms with Crippen molar-refractivity contribution in [3.8, 4) is 0 Å². The van der Waals surface area contributed by atoms with Crippen molar-refractivity contribution in [2.45, 2.75) is 31.7 Å². The smallest absolute Gasteiger partial charge is 0.129 e. The Morgan fingerprint density at radius 2 is 1.48 bits per heavy atom. The van der Waals surface area contributed by atoms with Gasteiger partial charge in [-0.25, -0.2) is 8.78 Å². The monoisotopic (exact) mass is 342 g/mol. The van der Waals surface area contributed by atoms with Crippen LogP contribution in [0.3, 0.4) is 0 Å². The van der Waals surface area contributed by atoms with Crippen LogP contribution in [-0.2, 0) is 6.54 Å². The summed E-state index contributed by atoms with van der Waals surface area (Å²) in [6, 6.07) is 12.7. The summed E-state index contributed by atoms with van der Waals surface area (Å²) in [5.41, 5.74) is 2.71. The average molecular weight is 342 g/mol. The fourth-order valence-electron chi connectivity index (χ4n) is 3.96. The fourth-order valence-corrected chi connectivity index (χ4v) is 3.96. The molecule has 0 bridgehead atoms. The third-order valence-corrected chi connectivity index (χ3v) is 5.45. The van der Waals surface area contributed by atoms with Gasteiger partial charge in [-0.3, -0.25) is 4.90 Å².